The number of carbonyl (C=O) groups is 5. The lowest BCUT2D eigenvalue weighted by atomic mass is 9.83. The van der Waals surface area contributed by atoms with E-state index in [-0.39, 0.29) is 31.5 Å². The van der Waals surface area contributed by atoms with Crippen LogP contribution in [0.5, 0.6) is 5.75 Å². The molecule has 4 atom stereocenters. The highest BCUT2D eigenvalue weighted by Gasteiger charge is 2.43. The lowest BCUT2D eigenvalue weighted by Crippen LogP contribution is -2.62. The number of benzene rings is 2. The normalized spacial score (nSPS) is 17.6. The van der Waals surface area contributed by atoms with Crippen LogP contribution in [0.1, 0.15) is 89.6 Å². The highest BCUT2D eigenvalue weighted by molar-refractivity contribution is 5.94. The molecule has 0 fully saturated rings. The lowest BCUT2D eigenvalue weighted by molar-refractivity contribution is -0.147. The van der Waals surface area contributed by atoms with Gasteiger partial charge in [0.25, 0.3) is 0 Å². The van der Waals surface area contributed by atoms with E-state index >= 15 is 0 Å². The second kappa shape index (κ2) is 20.0. The van der Waals surface area contributed by atoms with E-state index in [1.807, 2.05) is 57.2 Å². The third-order valence-corrected chi connectivity index (χ3v) is 10.0. The number of fused-ring (bicyclic) bond motifs is 2. The van der Waals surface area contributed by atoms with Gasteiger partial charge in [-0.3, -0.25) is 19.3 Å². The SMILES string of the molecule is C[C@@H](C(=O)N[C@H](C(=O)N1Cc2cc(OCCOCCOCCNC(=O)OC(C)(C)C)ccc2C[C@H]1C(=O)N[C@@H]1CCCc2ccccc21)C(C)(C)C)N(C)C(=O)O. The highest BCUT2D eigenvalue weighted by Crippen LogP contribution is 2.33. The molecular weight excluding hydrogens is 734 g/mol. The van der Waals surface area contributed by atoms with Crippen LogP contribution < -0.4 is 20.7 Å². The molecule has 0 aromatic heterocycles. The zero-order valence-corrected chi connectivity index (χ0v) is 34.6. The number of hydrogen-bond donors (Lipinski definition) is 4. The van der Waals surface area contributed by atoms with Crippen LogP contribution in [-0.2, 0) is 48.0 Å². The maximum absolute atomic E-state index is 14.7. The molecule has 1 aliphatic heterocycles. The Kier molecular flexibility index (Phi) is 15.7. The summed E-state index contributed by atoms with van der Waals surface area (Å²) in [6.45, 7) is 14.3. The Labute approximate surface area is 336 Å². The Morgan fingerprint density at radius 3 is 2.28 bits per heavy atom. The molecule has 4 rings (SSSR count). The van der Waals surface area contributed by atoms with Crippen LogP contribution >= 0.6 is 0 Å². The van der Waals surface area contributed by atoms with Crippen LogP contribution in [0.2, 0.25) is 0 Å². The minimum absolute atomic E-state index is 0.0916. The first-order valence-corrected chi connectivity index (χ1v) is 19.7. The van der Waals surface area contributed by atoms with Crippen LogP contribution in [0.3, 0.4) is 0 Å². The minimum Gasteiger partial charge on any atom is -0.491 e. The summed E-state index contributed by atoms with van der Waals surface area (Å²) >= 11 is 0. The number of hydrogen-bond acceptors (Lipinski definition) is 9. The molecule has 0 saturated carbocycles. The van der Waals surface area contributed by atoms with Crippen molar-refractivity contribution >= 4 is 29.9 Å². The van der Waals surface area contributed by atoms with E-state index in [1.165, 1.54) is 24.4 Å². The van der Waals surface area contributed by atoms with Crippen molar-refractivity contribution in [2.45, 2.75) is 110 Å². The van der Waals surface area contributed by atoms with Crippen molar-refractivity contribution in [3.63, 3.8) is 0 Å². The van der Waals surface area contributed by atoms with Crippen molar-refractivity contribution in [1.29, 1.82) is 0 Å². The van der Waals surface area contributed by atoms with Crippen LogP contribution in [0.4, 0.5) is 9.59 Å². The Morgan fingerprint density at radius 2 is 1.60 bits per heavy atom. The van der Waals surface area contributed by atoms with E-state index in [1.54, 1.807) is 20.8 Å². The van der Waals surface area contributed by atoms with Gasteiger partial charge in [0.05, 0.1) is 32.5 Å². The Bertz CT molecular complexity index is 1720. The van der Waals surface area contributed by atoms with Crippen molar-refractivity contribution in [3.05, 3.63) is 64.7 Å². The molecule has 15 nitrogen and oxygen atoms in total. The molecule has 57 heavy (non-hydrogen) atoms. The summed E-state index contributed by atoms with van der Waals surface area (Å²) in [4.78, 5) is 68.0. The topological polar surface area (TPSA) is 185 Å². The fraction of sp³-hybridized carbons (Fsp3) is 0.595. The second-order valence-electron chi connectivity index (χ2n) is 16.6. The predicted molar refractivity (Wildman–Crippen MR) is 213 cm³/mol. The number of carbonyl (C=O) groups excluding carboxylic acids is 4. The lowest BCUT2D eigenvalue weighted by Gasteiger charge is -2.42. The summed E-state index contributed by atoms with van der Waals surface area (Å²) in [6, 6.07) is 10.5. The summed E-state index contributed by atoms with van der Waals surface area (Å²) in [5.41, 5.74) is 2.63. The summed E-state index contributed by atoms with van der Waals surface area (Å²) < 4.78 is 22.3. The van der Waals surface area contributed by atoms with Crippen molar-refractivity contribution in [2.75, 3.05) is 46.6 Å². The number of aryl methyl sites for hydroxylation is 1. The summed E-state index contributed by atoms with van der Waals surface area (Å²) in [5.74, 6) is -0.778. The minimum atomic E-state index is -1.27. The summed E-state index contributed by atoms with van der Waals surface area (Å²) in [7, 11) is 1.29. The van der Waals surface area contributed by atoms with Gasteiger partial charge in [-0.15, -0.1) is 0 Å². The third-order valence-electron chi connectivity index (χ3n) is 10.0. The number of rotatable bonds is 16. The fourth-order valence-electron chi connectivity index (χ4n) is 6.79. The molecule has 15 heteroatoms. The standard InChI is InChI=1S/C42H61N5O10/c1-27(46(8)40(52)53)36(48)45-35(41(2,3)4)38(50)47-26-30-24-31(56-23-22-55-21-20-54-19-18-43-39(51)57-42(5,6)7)17-16-29(30)25-34(47)37(49)44-33-15-11-13-28-12-9-10-14-32(28)33/h9-10,12,14,16-17,24,27,33-35H,11,13,15,18-23,25-26H2,1-8H3,(H,43,51)(H,44,49)(H,45,48)(H,52,53)/t27-,33+,34-,35+/m0/s1. The van der Waals surface area contributed by atoms with Crippen molar-refractivity contribution < 1.29 is 48.0 Å². The Morgan fingerprint density at radius 1 is 0.912 bits per heavy atom. The van der Waals surface area contributed by atoms with Crippen molar-refractivity contribution in [2.24, 2.45) is 5.41 Å². The number of likely N-dealkylation sites (N-methyl/N-ethyl adjacent to an activating group) is 1. The first-order chi connectivity index (χ1) is 26.9. The summed E-state index contributed by atoms with van der Waals surface area (Å²) in [6.07, 6.45) is 1.12. The average molecular weight is 796 g/mol. The molecule has 2 aromatic carbocycles. The summed E-state index contributed by atoms with van der Waals surface area (Å²) in [5, 5.41) is 18.2. The first kappa shape index (κ1) is 44.8. The van der Waals surface area contributed by atoms with E-state index < -0.39 is 53.1 Å². The van der Waals surface area contributed by atoms with Gasteiger partial charge in [-0.2, -0.15) is 0 Å². The van der Waals surface area contributed by atoms with Gasteiger partial charge < -0.3 is 44.9 Å². The molecule has 1 heterocycles. The Balaban J connectivity index is 1.43. The fourth-order valence-corrected chi connectivity index (χ4v) is 6.79. The van der Waals surface area contributed by atoms with Gasteiger partial charge in [-0.1, -0.05) is 51.1 Å². The largest absolute Gasteiger partial charge is 0.491 e. The van der Waals surface area contributed by atoms with Crippen LogP contribution in [-0.4, -0.2) is 115 Å². The molecule has 314 valence electrons. The molecule has 0 radical (unpaired) electrons. The number of ether oxygens (including phenoxy) is 4. The van der Waals surface area contributed by atoms with Crippen LogP contribution in [0, 0.1) is 5.41 Å². The third kappa shape index (κ3) is 13.1. The van der Waals surface area contributed by atoms with E-state index in [0.717, 1.165) is 40.9 Å². The maximum atomic E-state index is 14.7. The van der Waals surface area contributed by atoms with Crippen LogP contribution in [0.15, 0.2) is 42.5 Å². The van der Waals surface area contributed by atoms with Gasteiger partial charge >= 0.3 is 12.2 Å². The molecule has 0 saturated heterocycles. The zero-order valence-electron chi connectivity index (χ0n) is 34.6. The van der Waals surface area contributed by atoms with Gasteiger partial charge in [-0.05, 0) is 86.8 Å². The number of carboxylic acid groups (broad SMARTS) is 1. The molecule has 4 N–H and O–H groups in total. The molecule has 5 amide bonds. The predicted octanol–water partition coefficient (Wildman–Crippen LogP) is 4.60. The Hall–Kier alpha value is -4.89. The first-order valence-electron chi connectivity index (χ1n) is 19.7. The number of alkyl carbamates (subject to hydrolysis) is 1. The van der Waals surface area contributed by atoms with Crippen LogP contribution in [0.25, 0.3) is 0 Å². The smallest absolute Gasteiger partial charge is 0.407 e. The second-order valence-corrected chi connectivity index (χ2v) is 16.6. The van der Waals surface area contributed by atoms with E-state index in [4.69, 9.17) is 18.9 Å². The van der Waals surface area contributed by atoms with Gasteiger partial charge in [0.1, 0.15) is 36.1 Å². The van der Waals surface area contributed by atoms with Gasteiger partial charge in [-0.25, -0.2) is 9.59 Å². The van der Waals surface area contributed by atoms with Crippen molar-refractivity contribution in [3.8, 4) is 5.75 Å². The highest BCUT2D eigenvalue weighted by atomic mass is 16.6. The molecule has 1 aliphatic carbocycles. The van der Waals surface area contributed by atoms with E-state index in [9.17, 15) is 29.1 Å². The van der Waals surface area contributed by atoms with Gasteiger partial charge in [0, 0.05) is 26.6 Å². The molecule has 0 unspecified atom stereocenters. The monoisotopic (exact) mass is 795 g/mol. The quantitative estimate of drug-likeness (QED) is 0.175. The average Bonchev–Trinajstić information content (AvgIpc) is 3.15. The van der Waals surface area contributed by atoms with Crippen molar-refractivity contribution in [1.82, 2.24) is 25.8 Å². The van der Waals surface area contributed by atoms with E-state index in [0.29, 0.717) is 38.7 Å². The maximum Gasteiger partial charge on any atom is 0.407 e. The van der Waals surface area contributed by atoms with Gasteiger partial charge in [0.15, 0.2) is 0 Å². The van der Waals surface area contributed by atoms with E-state index in [2.05, 4.69) is 22.0 Å². The molecule has 2 aromatic rings. The molecule has 2 aliphatic rings. The number of amides is 5. The zero-order chi connectivity index (χ0) is 41.9. The molecule has 0 spiro atoms. The number of nitrogens with zero attached hydrogens (tertiary/aromatic N) is 2. The van der Waals surface area contributed by atoms with Gasteiger partial charge in [0.2, 0.25) is 17.7 Å². The number of nitrogens with one attached hydrogen (secondary N) is 3. The molecule has 0 bridgehead atoms. The molecular formula is C42H61N5O10.